The van der Waals surface area contributed by atoms with Crippen molar-refractivity contribution >= 4 is 67.1 Å². The third-order valence-electron chi connectivity index (χ3n) is 8.24. The van der Waals surface area contributed by atoms with Crippen molar-refractivity contribution in [2.24, 2.45) is 10.9 Å². The van der Waals surface area contributed by atoms with E-state index in [0.29, 0.717) is 12.6 Å². The van der Waals surface area contributed by atoms with Crippen LogP contribution in [0.25, 0.3) is 60.4 Å². The lowest BCUT2D eigenvalue weighted by molar-refractivity contribution is 0.522. The molecule has 8 rings (SSSR count). The Morgan fingerprint density at radius 2 is 1.65 bits per heavy atom. The van der Waals surface area contributed by atoms with Crippen LogP contribution < -0.4 is 0 Å². The zero-order chi connectivity index (χ0) is 24.5. The van der Waals surface area contributed by atoms with Crippen LogP contribution in [0.5, 0.6) is 0 Å². The molecule has 2 aliphatic carbocycles. The molecule has 0 aliphatic heterocycles. The zero-order valence-electron chi connectivity index (χ0n) is 20.6. The van der Waals surface area contributed by atoms with E-state index in [1.807, 2.05) is 0 Å². The summed E-state index contributed by atoms with van der Waals surface area (Å²) in [4.78, 5) is 4.37. The van der Waals surface area contributed by atoms with Crippen LogP contribution in [-0.2, 0) is 13.1 Å². The Hall–Kier alpha value is -4.37. The predicted molar refractivity (Wildman–Crippen MR) is 156 cm³/mol. The molecule has 0 amide bonds. The van der Waals surface area contributed by atoms with Gasteiger partial charge in [0.1, 0.15) is 12.4 Å². The second-order valence-corrected chi connectivity index (χ2v) is 10.2. The van der Waals surface area contributed by atoms with Crippen molar-refractivity contribution in [2.75, 3.05) is 0 Å². The van der Waals surface area contributed by atoms with Crippen LogP contribution in [0.2, 0.25) is 0 Å². The van der Waals surface area contributed by atoms with Crippen molar-refractivity contribution in [3.8, 4) is 0 Å². The number of fused-ring (bicyclic) bond motifs is 12. The molecule has 2 aromatic heterocycles. The van der Waals surface area contributed by atoms with Gasteiger partial charge in [-0.2, -0.15) is 0 Å². The van der Waals surface area contributed by atoms with E-state index in [1.54, 1.807) is 0 Å². The molecule has 178 valence electrons. The summed E-state index contributed by atoms with van der Waals surface area (Å²) in [6, 6.07) is 21.9. The summed E-state index contributed by atoms with van der Waals surface area (Å²) < 4.78 is 9.19. The van der Waals surface area contributed by atoms with Gasteiger partial charge in [0.25, 0.3) is 0 Å². The van der Waals surface area contributed by atoms with Crippen molar-refractivity contribution in [1.29, 1.82) is 0 Å². The van der Waals surface area contributed by atoms with Crippen LogP contribution in [0.1, 0.15) is 24.2 Å². The van der Waals surface area contributed by atoms with E-state index >= 15 is 0 Å². The first-order valence-electron chi connectivity index (χ1n) is 13.1. The Bertz CT molecular complexity index is 2010. The highest BCUT2D eigenvalue weighted by Gasteiger charge is 2.27. The minimum atomic E-state index is 0.357. The monoisotopic (exact) mass is 478 g/mol. The number of hydrogen-bond donors (Lipinski definition) is 0. The van der Waals surface area contributed by atoms with E-state index in [1.165, 1.54) is 54.4 Å². The van der Waals surface area contributed by atoms with Crippen LogP contribution >= 0.6 is 0 Å². The van der Waals surface area contributed by atoms with Gasteiger partial charge in [-0.15, -0.1) is 0 Å². The Balaban J connectivity index is 1.53. The second kappa shape index (κ2) is 7.81. The van der Waals surface area contributed by atoms with Crippen molar-refractivity contribution in [3.05, 3.63) is 102 Å². The van der Waals surface area contributed by atoms with Crippen LogP contribution in [-0.4, -0.2) is 11.3 Å². The number of aromatic nitrogens is 1. The summed E-state index contributed by atoms with van der Waals surface area (Å²) in [6.45, 7) is 4.35. The summed E-state index contributed by atoms with van der Waals surface area (Å²) >= 11 is 0. The molecule has 3 nitrogen and oxygen atoms in total. The van der Waals surface area contributed by atoms with E-state index in [2.05, 4.69) is 107 Å². The van der Waals surface area contributed by atoms with E-state index in [4.69, 9.17) is 4.42 Å². The molecule has 0 spiro atoms. The lowest BCUT2D eigenvalue weighted by Gasteiger charge is -2.19. The number of nitrogens with zero attached hydrogens (tertiary/aromatic N) is 2. The average molecular weight is 479 g/mol. The summed E-state index contributed by atoms with van der Waals surface area (Å²) in [5.41, 5.74) is 5.89. The van der Waals surface area contributed by atoms with E-state index in [9.17, 15) is 0 Å². The number of aliphatic imine (C=N–C) groups is 1. The standard InChI is InChI=1S/C34H26N2O/c1-35-20-36-32-24-12-6-5-11-22(24)15-18-28(32)30-25-13-7-8-14-26(25)31-27-17-16-23(21-9-3-2-4-10-21)19-29(27)37-34(31)33(30)36/h3,5-18,23H,1-2,4,19-20H2. The topological polar surface area (TPSA) is 30.4 Å². The minimum absolute atomic E-state index is 0.357. The van der Waals surface area contributed by atoms with E-state index in [-0.39, 0.29) is 0 Å². The van der Waals surface area contributed by atoms with E-state index < -0.39 is 0 Å². The maximum Gasteiger partial charge on any atom is 0.159 e. The minimum Gasteiger partial charge on any atom is -0.458 e. The van der Waals surface area contributed by atoms with Gasteiger partial charge in [0.05, 0.1) is 11.0 Å². The Labute approximate surface area is 214 Å². The van der Waals surface area contributed by atoms with Crippen molar-refractivity contribution in [1.82, 2.24) is 4.57 Å². The van der Waals surface area contributed by atoms with Gasteiger partial charge in [-0.1, -0.05) is 91.0 Å². The summed E-state index contributed by atoms with van der Waals surface area (Å²) in [5.74, 6) is 1.43. The molecular formula is C34H26N2O. The molecule has 3 heteroatoms. The highest BCUT2D eigenvalue weighted by atomic mass is 16.3. The number of benzene rings is 4. The maximum absolute atomic E-state index is 6.88. The lowest BCUT2D eigenvalue weighted by atomic mass is 9.85. The molecule has 0 saturated heterocycles. The normalized spacial score (nSPS) is 17.3. The molecule has 2 aliphatic rings. The predicted octanol–water partition coefficient (Wildman–Crippen LogP) is 8.97. The maximum atomic E-state index is 6.88. The van der Waals surface area contributed by atoms with Crippen molar-refractivity contribution in [3.63, 3.8) is 0 Å². The average Bonchev–Trinajstić information content (AvgIpc) is 3.50. The van der Waals surface area contributed by atoms with Gasteiger partial charge in [0, 0.05) is 39.4 Å². The zero-order valence-corrected chi connectivity index (χ0v) is 20.6. The van der Waals surface area contributed by atoms with Gasteiger partial charge in [-0.25, -0.2) is 0 Å². The van der Waals surface area contributed by atoms with Crippen LogP contribution in [0, 0.1) is 5.92 Å². The molecule has 1 unspecified atom stereocenters. The largest absolute Gasteiger partial charge is 0.458 e. The number of furan rings is 1. The molecule has 2 heterocycles. The smallest absolute Gasteiger partial charge is 0.159 e. The van der Waals surface area contributed by atoms with Gasteiger partial charge in [0.2, 0.25) is 0 Å². The van der Waals surface area contributed by atoms with Crippen LogP contribution in [0.15, 0.2) is 100.0 Å². The molecule has 1 atom stereocenters. The van der Waals surface area contributed by atoms with Gasteiger partial charge >= 0.3 is 0 Å². The summed E-state index contributed by atoms with van der Waals surface area (Å²) in [6.07, 6.45) is 14.8. The SMILES string of the molecule is C=NCn1c2c3ccccc3ccc2c2c3ccccc3c3c4c(oc3c21)CC(C1=CCCC=C1)C=C4. The molecule has 0 radical (unpaired) electrons. The van der Waals surface area contributed by atoms with Gasteiger partial charge in [-0.3, -0.25) is 4.99 Å². The molecule has 6 aromatic rings. The highest BCUT2D eigenvalue weighted by Crippen LogP contribution is 2.47. The molecule has 0 saturated carbocycles. The molecule has 37 heavy (non-hydrogen) atoms. The second-order valence-electron chi connectivity index (χ2n) is 10.2. The first kappa shape index (κ1) is 20.8. The quantitative estimate of drug-likeness (QED) is 0.233. The van der Waals surface area contributed by atoms with Crippen molar-refractivity contribution < 1.29 is 4.42 Å². The molecule has 4 aromatic carbocycles. The van der Waals surface area contributed by atoms with Gasteiger partial charge < -0.3 is 8.98 Å². The Morgan fingerprint density at radius 3 is 2.46 bits per heavy atom. The van der Waals surface area contributed by atoms with Crippen molar-refractivity contribution in [2.45, 2.75) is 25.9 Å². The molecule has 0 bridgehead atoms. The summed E-state index contributed by atoms with van der Waals surface area (Å²) in [5, 5.41) is 8.62. The molecule has 0 fully saturated rings. The first-order valence-corrected chi connectivity index (χ1v) is 13.1. The first-order chi connectivity index (χ1) is 18.3. The third-order valence-corrected chi connectivity index (χ3v) is 8.24. The number of rotatable bonds is 3. The van der Waals surface area contributed by atoms with Gasteiger partial charge in [-0.05, 0) is 41.3 Å². The summed E-state index contributed by atoms with van der Waals surface area (Å²) in [7, 11) is 0. The number of hydrogen-bond acceptors (Lipinski definition) is 2. The van der Waals surface area contributed by atoms with Crippen LogP contribution in [0.3, 0.4) is 0 Å². The van der Waals surface area contributed by atoms with Gasteiger partial charge in [0.15, 0.2) is 5.58 Å². The lowest BCUT2D eigenvalue weighted by Crippen LogP contribution is -2.08. The fourth-order valence-electron chi connectivity index (χ4n) is 6.66. The fraction of sp³-hybridized carbons (Fsp3) is 0.147. The van der Waals surface area contributed by atoms with Crippen LogP contribution in [0.4, 0.5) is 0 Å². The molecular weight excluding hydrogens is 452 g/mol. The number of allylic oxidation sites excluding steroid dienone is 5. The Morgan fingerprint density at radius 1 is 0.838 bits per heavy atom. The molecule has 0 N–H and O–H groups in total. The fourth-order valence-corrected chi connectivity index (χ4v) is 6.66. The van der Waals surface area contributed by atoms with E-state index in [0.717, 1.165) is 36.1 Å². The highest BCUT2D eigenvalue weighted by molar-refractivity contribution is 6.33. The Kier molecular flexibility index (Phi) is 4.39. The third kappa shape index (κ3) is 2.85.